The summed E-state index contributed by atoms with van der Waals surface area (Å²) in [6.07, 6.45) is 0.206. The lowest BCUT2D eigenvalue weighted by molar-refractivity contribution is -0.130. The molecule has 7 heteroatoms. The highest BCUT2D eigenvalue weighted by molar-refractivity contribution is 6.33. The normalized spacial score (nSPS) is 11.9. The highest BCUT2D eigenvalue weighted by atomic mass is 35.5. The number of nitrogens with one attached hydrogen (secondary N) is 1. The summed E-state index contributed by atoms with van der Waals surface area (Å²) in [5.41, 5.74) is 1.35. The van der Waals surface area contributed by atoms with Crippen LogP contribution in [0.25, 0.3) is 0 Å². The molecule has 0 aromatic heterocycles. The molecule has 26 heavy (non-hydrogen) atoms. The van der Waals surface area contributed by atoms with Crippen LogP contribution in [0.15, 0.2) is 42.5 Å². The average Bonchev–Trinajstić information content (AvgIpc) is 3.09. The van der Waals surface area contributed by atoms with E-state index in [-0.39, 0.29) is 31.6 Å². The minimum absolute atomic E-state index is 0.0675. The zero-order valence-corrected chi connectivity index (χ0v) is 15.1. The van der Waals surface area contributed by atoms with E-state index in [0.717, 1.165) is 5.56 Å². The molecule has 6 nitrogen and oxygen atoms in total. The fourth-order valence-corrected chi connectivity index (χ4v) is 2.84. The van der Waals surface area contributed by atoms with Crippen molar-refractivity contribution in [2.24, 2.45) is 0 Å². The van der Waals surface area contributed by atoms with Gasteiger partial charge in [0.05, 0.1) is 10.6 Å². The van der Waals surface area contributed by atoms with Gasteiger partial charge < -0.3 is 19.7 Å². The van der Waals surface area contributed by atoms with E-state index in [2.05, 4.69) is 5.32 Å². The molecular weight excluding hydrogens is 356 g/mol. The van der Waals surface area contributed by atoms with Gasteiger partial charge in [0.25, 0.3) is 5.91 Å². The van der Waals surface area contributed by atoms with Gasteiger partial charge in [-0.2, -0.15) is 0 Å². The van der Waals surface area contributed by atoms with E-state index in [1.54, 1.807) is 36.2 Å². The summed E-state index contributed by atoms with van der Waals surface area (Å²) < 4.78 is 10.6. The van der Waals surface area contributed by atoms with E-state index < -0.39 is 0 Å². The molecule has 136 valence electrons. The second-order valence-electron chi connectivity index (χ2n) is 5.92. The first-order chi connectivity index (χ1) is 12.5. The number of nitrogens with zero attached hydrogens (tertiary/aromatic N) is 1. The van der Waals surface area contributed by atoms with E-state index in [4.69, 9.17) is 21.1 Å². The molecule has 0 saturated heterocycles. The highest BCUT2D eigenvalue weighted by Crippen LogP contribution is 2.32. The van der Waals surface area contributed by atoms with Crippen LogP contribution in [0.5, 0.6) is 11.5 Å². The maximum Gasteiger partial charge on any atom is 0.252 e. The maximum absolute atomic E-state index is 12.3. The molecular formula is C19H19ClN2O4. The highest BCUT2D eigenvalue weighted by Gasteiger charge is 2.16. The maximum atomic E-state index is 12.3. The van der Waals surface area contributed by atoms with Crippen LogP contribution in [0.1, 0.15) is 22.3 Å². The number of halogens is 1. The van der Waals surface area contributed by atoms with Gasteiger partial charge in [-0.25, -0.2) is 0 Å². The number of hydrogen-bond donors (Lipinski definition) is 1. The molecule has 1 N–H and O–H groups in total. The summed E-state index contributed by atoms with van der Waals surface area (Å²) in [6.45, 7) is 0.918. The topological polar surface area (TPSA) is 67.9 Å². The summed E-state index contributed by atoms with van der Waals surface area (Å²) in [7, 11) is 1.73. The molecule has 0 unspecified atom stereocenters. The Kier molecular flexibility index (Phi) is 5.63. The van der Waals surface area contributed by atoms with Crippen molar-refractivity contribution in [1.29, 1.82) is 0 Å². The van der Waals surface area contributed by atoms with Gasteiger partial charge in [0.2, 0.25) is 12.7 Å². The molecule has 0 radical (unpaired) electrons. The van der Waals surface area contributed by atoms with E-state index in [1.807, 2.05) is 18.2 Å². The molecule has 0 atom stereocenters. The quantitative estimate of drug-likeness (QED) is 0.844. The predicted molar refractivity (Wildman–Crippen MR) is 97.4 cm³/mol. The molecule has 1 aliphatic heterocycles. The van der Waals surface area contributed by atoms with E-state index in [0.29, 0.717) is 28.6 Å². The molecule has 2 amide bonds. The van der Waals surface area contributed by atoms with Crippen molar-refractivity contribution < 1.29 is 19.1 Å². The number of benzene rings is 2. The van der Waals surface area contributed by atoms with E-state index >= 15 is 0 Å². The van der Waals surface area contributed by atoms with Gasteiger partial charge in [-0.3, -0.25) is 9.59 Å². The minimum atomic E-state index is -0.290. The Labute approximate surface area is 156 Å². The molecule has 1 aliphatic rings. The van der Waals surface area contributed by atoms with Crippen LogP contribution in [0, 0.1) is 0 Å². The third kappa shape index (κ3) is 4.26. The first kappa shape index (κ1) is 18.1. The van der Waals surface area contributed by atoms with Crippen molar-refractivity contribution in [2.75, 3.05) is 20.4 Å². The van der Waals surface area contributed by atoms with Crippen LogP contribution in [0.2, 0.25) is 5.02 Å². The molecule has 0 spiro atoms. The molecule has 2 aromatic rings. The number of fused-ring (bicyclic) bond motifs is 1. The molecule has 3 rings (SSSR count). The van der Waals surface area contributed by atoms with Crippen LogP contribution in [-0.4, -0.2) is 37.1 Å². The van der Waals surface area contributed by atoms with Gasteiger partial charge in [-0.05, 0) is 29.8 Å². The van der Waals surface area contributed by atoms with Crippen molar-refractivity contribution in [3.05, 3.63) is 58.6 Å². The van der Waals surface area contributed by atoms with Crippen LogP contribution in [-0.2, 0) is 11.3 Å². The molecule has 0 saturated carbocycles. The van der Waals surface area contributed by atoms with Crippen LogP contribution < -0.4 is 14.8 Å². The smallest absolute Gasteiger partial charge is 0.252 e. The lowest BCUT2D eigenvalue weighted by Crippen LogP contribution is -2.32. The SMILES string of the molecule is CN(Cc1ccc2c(c1)OCO2)C(=O)CCNC(=O)c1ccccc1Cl. The van der Waals surface area contributed by atoms with Crippen LogP contribution >= 0.6 is 11.6 Å². The number of carbonyl (C=O) groups is 2. The van der Waals surface area contributed by atoms with Gasteiger partial charge in [-0.15, -0.1) is 0 Å². The van der Waals surface area contributed by atoms with Crippen LogP contribution in [0.3, 0.4) is 0 Å². The second-order valence-corrected chi connectivity index (χ2v) is 6.33. The van der Waals surface area contributed by atoms with Gasteiger partial charge in [0.1, 0.15) is 0 Å². The molecule has 0 fully saturated rings. The van der Waals surface area contributed by atoms with Gasteiger partial charge >= 0.3 is 0 Å². The summed E-state index contributed by atoms with van der Waals surface area (Å²) in [4.78, 5) is 25.9. The lowest BCUT2D eigenvalue weighted by Gasteiger charge is -2.17. The Morgan fingerprint density at radius 2 is 1.92 bits per heavy atom. The van der Waals surface area contributed by atoms with E-state index in [1.165, 1.54) is 0 Å². The number of ether oxygens (including phenoxy) is 2. The lowest BCUT2D eigenvalue weighted by atomic mass is 10.2. The first-order valence-corrected chi connectivity index (χ1v) is 8.57. The zero-order chi connectivity index (χ0) is 18.5. The molecule has 2 aromatic carbocycles. The zero-order valence-electron chi connectivity index (χ0n) is 14.3. The third-order valence-corrected chi connectivity index (χ3v) is 4.35. The average molecular weight is 375 g/mol. The Balaban J connectivity index is 1.47. The van der Waals surface area contributed by atoms with Gasteiger partial charge in [0.15, 0.2) is 11.5 Å². The molecule has 0 aliphatic carbocycles. The fourth-order valence-electron chi connectivity index (χ4n) is 2.62. The summed E-state index contributed by atoms with van der Waals surface area (Å²) in [6, 6.07) is 12.4. The number of carbonyl (C=O) groups excluding carboxylic acids is 2. The molecule has 0 bridgehead atoms. The standard InChI is InChI=1S/C19H19ClN2O4/c1-22(11-13-6-7-16-17(10-13)26-12-25-16)18(23)8-9-21-19(24)14-4-2-3-5-15(14)20/h2-7,10H,8-9,11-12H2,1H3,(H,21,24). The molecule has 1 heterocycles. The number of rotatable bonds is 6. The van der Waals surface area contributed by atoms with Crippen molar-refractivity contribution >= 4 is 23.4 Å². The van der Waals surface area contributed by atoms with Crippen molar-refractivity contribution in [3.8, 4) is 11.5 Å². The van der Waals surface area contributed by atoms with Gasteiger partial charge in [0, 0.05) is 26.6 Å². The summed E-state index contributed by atoms with van der Waals surface area (Å²) in [5, 5.41) is 3.10. The number of hydrogen-bond acceptors (Lipinski definition) is 4. The number of amides is 2. The van der Waals surface area contributed by atoms with Gasteiger partial charge in [-0.1, -0.05) is 29.8 Å². The fraction of sp³-hybridized carbons (Fsp3) is 0.263. The summed E-state index contributed by atoms with van der Waals surface area (Å²) >= 11 is 5.99. The Morgan fingerprint density at radius 1 is 1.15 bits per heavy atom. The summed E-state index contributed by atoms with van der Waals surface area (Å²) in [5.74, 6) is 1.05. The van der Waals surface area contributed by atoms with Crippen molar-refractivity contribution in [3.63, 3.8) is 0 Å². The van der Waals surface area contributed by atoms with Crippen molar-refractivity contribution in [2.45, 2.75) is 13.0 Å². The first-order valence-electron chi connectivity index (χ1n) is 8.20. The Morgan fingerprint density at radius 3 is 2.73 bits per heavy atom. The Bertz CT molecular complexity index is 825. The monoisotopic (exact) mass is 374 g/mol. The second kappa shape index (κ2) is 8.10. The largest absolute Gasteiger partial charge is 0.454 e. The van der Waals surface area contributed by atoms with E-state index in [9.17, 15) is 9.59 Å². The minimum Gasteiger partial charge on any atom is -0.454 e. The predicted octanol–water partition coefficient (Wildman–Crippen LogP) is 2.85. The van der Waals surface area contributed by atoms with Crippen LogP contribution in [0.4, 0.5) is 0 Å². The third-order valence-electron chi connectivity index (χ3n) is 4.03. The Hall–Kier alpha value is -2.73. The van der Waals surface area contributed by atoms with Crippen molar-refractivity contribution in [1.82, 2.24) is 10.2 Å².